The molecule has 1 aliphatic heterocycles. The first-order valence-electron chi connectivity index (χ1n) is 7.12. The van der Waals surface area contributed by atoms with Gasteiger partial charge in [-0.25, -0.2) is 9.78 Å². The van der Waals surface area contributed by atoms with E-state index < -0.39 is 5.60 Å². The Hall–Kier alpha value is -1.02. The van der Waals surface area contributed by atoms with E-state index in [-0.39, 0.29) is 5.97 Å². The Balaban J connectivity index is 1.87. The first-order chi connectivity index (χ1) is 10.0. The average Bonchev–Trinajstić information content (AvgIpc) is 2.87. The number of ether oxygens (including phenoxy) is 2. The molecule has 118 valence electrons. The van der Waals surface area contributed by atoms with E-state index in [1.54, 1.807) is 6.92 Å². The summed E-state index contributed by atoms with van der Waals surface area (Å²) < 4.78 is 10.2. The average molecular weight is 314 g/mol. The SMILES string of the molecule is CCOC(=O)c1nc(CN(C)CC2(O)CCOCC2)cs1. The summed E-state index contributed by atoms with van der Waals surface area (Å²) in [6, 6.07) is 0. The fourth-order valence-electron chi connectivity index (χ4n) is 2.41. The predicted octanol–water partition coefficient (Wildman–Crippen LogP) is 1.29. The topological polar surface area (TPSA) is 71.9 Å². The second kappa shape index (κ2) is 7.31. The smallest absolute Gasteiger partial charge is 0.367 e. The van der Waals surface area contributed by atoms with Gasteiger partial charge < -0.3 is 14.6 Å². The molecule has 0 radical (unpaired) electrons. The third kappa shape index (κ3) is 4.74. The molecule has 2 rings (SSSR count). The predicted molar refractivity (Wildman–Crippen MR) is 79.4 cm³/mol. The monoisotopic (exact) mass is 314 g/mol. The standard InChI is InChI=1S/C14H22N2O4S/c1-3-20-13(17)12-15-11(9-21-12)8-16(2)10-14(18)4-6-19-7-5-14/h9,18H,3-8,10H2,1-2H3. The van der Waals surface area contributed by atoms with Crippen LogP contribution in [0.25, 0.3) is 0 Å². The molecule has 1 N–H and O–H groups in total. The van der Waals surface area contributed by atoms with E-state index in [0.29, 0.717) is 50.8 Å². The van der Waals surface area contributed by atoms with Crippen molar-refractivity contribution in [3.05, 3.63) is 16.1 Å². The first kappa shape index (κ1) is 16.4. The van der Waals surface area contributed by atoms with Gasteiger partial charge in [0.2, 0.25) is 5.01 Å². The maximum Gasteiger partial charge on any atom is 0.367 e. The van der Waals surface area contributed by atoms with Gasteiger partial charge in [-0.3, -0.25) is 4.90 Å². The van der Waals surface area contributed by atoms with Gasteiger partial charge in [0.1, 0.15) is 0 Å². The van der Waals surface area contributed by atoms with Gasteiger partial charge in [-0.05, 0) is 14.0 Å². The summed E-state index contributed by atoms with van der Waals surface area (Å²) >= 11 is 1.29. The number of rotatable bonds is 6. The zero-order valence-electron chi connectivity index (χ0n) is 12.5. The molecule has 1 fully saturated rings. The molecular weight excluding hydrogens is 292 g/mol. The molecule has 0 atom stereocenters. The van der Waals surface area contributed by atoms with Crippen LogP contribution in [0.4, 0.5) is 0 Å². The summed E-state index contributed by atoms with van der Waals surface area (Å²) in [7, 11) is 1.94. The van der Waals surface area contributed by atoms with Crippen molar-refractivity contribution in [3.8, 4) is 0 Å². The molecule has 6 nitrogen and oxygen atoms in total. The molecule has 0 bridgehead atoms. The largest absolute Gasteiger partial charge is 0.461 e. The number of carbonyl (C=O) groups is 1. The molecule has 0 amide bonds. The molecule has 7 heteroatoms. The Labute approximate surface area is 128 Å². The molecule has 1 aromatic heterocycles. The summed E-state index contributed by atoms with van der Waals surface area (Å²) in [5.74, 6) is -0.375. The Bertz CT molecular complexity index is 471. The number of nitrogens with zero attached hydrogens (tertiary/aromatic N) is 2. The Kier molecular flexibility index (Phi) is 5.69. The number of hydrogen-bond donors (Lipinski definition) is 1. The van der Waals surface area contributed by atoms with Crippen molar-refractivity contribution in [1.82, 2.24) is 9.88 Å². The van der Waals surface area contributed by atoms with Crippen molar-refractivity contribution in [1.29, 1.82) is 0 Å². The van der Waals surface area contributed by atoms with Crippen molar-refractivity contribution < 1.29 is 19.4 Å². The third-order valence-corrected chi connectivity index (χ3v) is 4.29. The highest BCUT2D eigenvalue weighted by molar-refractivity contribution is 7.11. The van der Waals surface area contributed by atoms with E-state index in [9.17, 15) is 9.90 Å². The van der Waals surface area contributed by atoms with Crippen LogP contribution in [0.15, 0.2) is 5.38 Å². The summed E-state index contributed by atoms with van der Waals surface area (Å²) in [5.41, 5.74) is 0.133. The highest BCUT2D eigenvalue weighted by Crippen LogP contribution is 2.22. The molecule has 0 aromatic carbocycles. The van der Waals surface area contributed by atoms with Crippen LogP contribution in [0, 0.1) is 0 Å². The lowest BCUT2D eigenvalue weighted by molar-refractivity contribution is -0.0778. The number of likely N-dealkylation sites (N-methyl/N-ethyl adjacent to an activating group) is 1. The van der Waals surface area contributed by atoms with E-state index in [0.717, 1.165) is 5.69 Å². The fraction of sp³-hybridized carbons (Fsp3) is 0.714. The normalized spacial score (nSPS) is 17.9. The minimum Gasteiger partial charge on any atom is -0.461 e. The summed E-state index contributed by atoms with van der Waals surface area (Å²) in [6.07, 6.45) is 1.31. The Morgan fingerprint density at radius 1 is 1.57 bits per heavy atom. The van der Waals surface area contributed by atoms with E-state index in [4.69, 9.17) is 9.47 Å². The molecule has 0 aliphatic carbocycles. The molecule has 1 aromatic rings. The highest BCUT2D eigenvalue weighted by atomic mass is 32.1. The van der Waals surface area contributed by atoms with Crippen molar-refractivity contribution in [2.24, 2.45) is 0 Å². The Morgan fingerprint density at radius 3 is 2.95 bits per heavy atom. The van der Waals surface area contributed by atoms with Gasteiger partial charge in [-0.2, -0.15) is 0 Å². The minimum absolute atomic E-state index is 0.350. The maximum absolute atomic E-state index is 11.6. The lowest BCUT2D eigenvalue weighted by atomic mass is 9.94. The van der Waals surface area contributed by atoms with Gasteiger partial charge in [-0.15, -0.1) is 11.3 Å². The fourth-order valence-corrected chi connectivity index (χ4v) is 3.11. The summed E-state index contributed by atoms with van der Waals surface area (Å²) in [5, 5.41) is 12.7. The van der Waals surface area contributed by atoms with Gasteiger partial charge in [0, 0.05) is 44.5 Å². The van der Waals surface area contributed by atoms with Crippen LogP contribution in [0.1, 0.15) is 35.3 Å². The first-order valence-corrected chi connectivity index (χ1v) is 8.00. The number of hydrogen-bond acceptors (Lipinski definition) is 7. The van der Waals surface area contributed by atoms with Gasteiger partial charge in [0.05, 0.1) is 17.9 Å². The molecule has 1 saturated heterocycles. The van der Waals surface area contributed by atoms with E-state index in [1.165, 1.54) is 11.3 Å². The quantitative estimate of drug-likeness (QED) is 0.798. The van der Waals surface area contributed by atoms with Gasteiger partial charge in [0.25, 0.3) is 0 Å². The summed E-state index contributed by atoms with van der Waals surface area (Å²) in [4.78, 5) is 17.9. The van der Waals surface area contributed by atoms with Crippen LogP contribution in [0.5, 0.6) is 0 Å². The van der Waals surface area contributed by atoms with Crippen LogP contribution in [0.3, 0.4) is 0 Å². The molecule has 0 unspecified atom stereocenters. The second-order valence-electron chi connectivity index (χ2n) is 5.37. The van der Waals surface area contributed by atoms with Crippen LogP contribution < -0.4 is 0 Å². The van der Waals surface area contributed by atoms with Crippen LogP contribution in [-0.2, 0) is 16.0 Å². The number of aromatic nitrogens is 1. The molecule has 1 aliphatic rings. The summed E-state index contributed by atoms with van der Waals surface area (Å²) in [6.45, 7) is 4.50. The third-order valence-electron chi connectivity index (χ3n) is 3.42. The second-order valence-corrected chi connectivity index (χ2v) is 6.23. The molecular formula is C14H22N2O4S. The van der Waals surface area contributed by atoms with Crippen LogP contribution in [0.2, 0.25) is 0 Å². The van der Waals surface area contributed by atoms with Crippen LogP contribution >= 0.6 is 11.3 Å². The lowest BCUT2D eigenvalue weighted by Gasteiger charge is -2.35. The van der Waals surface area contributed by atoms with Gasteiger partial charge in [0.15, 0.2) is 0 Å². The Morgan fingerprint density at radius 2 is 2.29 bits per heavy atom. The van der Waals surface area contributed by atoms with Gasteiger partial charge in [-0.1, -0.05) is 0 Å². The zero-order chi connectivity index (χ0) is 15.3. The minimum atomic E-state index is -0.688. The molecule has 0 saturated carbocycles. The number of thiazole rings is 1. The van der Waals surface area contributed by atoms with E-state index >= 15 is 0 Å². The lowest BCUT2D eigenvalue weighted by Crippen LogP contribution is -2.45. The van der Waals surface area contributed by atoms with Crippen molar-refractivity contribution in [2.75, 3.05) is 33.4 Å². The number of carbonyl (C=O) groups excluding carboxylic acids is 1. The van der Waals surface area contributed by atoms with E-state index in [1.807, 2.05) is 17.3 Å². The van der Waals surface area contributed by atoms with Crippen molar-refractivity contribution in [2.45, 2.75) is 31.9 Å². The number of aliphatic hydroxyl groups is 1. The number of esters is 1. The van der Waals surface area contributed by atoms with Crippen LogP contribution in [-0.4, -0.2) is 60.0 Å². The van der Waals surface area contributed by atoms with Crippen molar-refractivity contribution in [3.63, 3.8) is 0 Å². The zero-order valence-corrected chi connectivity index (χ0v) is 13.3. The van der Waals surface area contributed by atoms with Crippen molar-refractivity contribution >= 4 is 17.3 Å². The molecule has 2 heterocycles. The van der Waals surface area contributed by atoms with Gasteiger partial charge >= 0.3 is 5.97 Å². The molecule has 0 spiro atoms. The maximum atomic E-state index is 11.6. The highest BCUT2D eigenvalue weighted by Gasteiger charge is 2.31. The van der Waals surface area contributed by atoms with E-state index in [2.05, 4.69) is 4.98 Å². The molecule has 21 heavy (non-hydrogen) atoms.